The van der Waals surface area contributed by atoms with Gasteiger partial charge in [0.05, 0.1) is 17.3 Å². The molecular formula is C13H18N4O. The Balaban J connectivity index is 2.01. The highest BCUT2D eigenvalue weighted by molar-refractivity contribution is 5.89. The number of aromatic nitrogens is 3. The molecule has 1 aliphatic rings. The predicted octanol–water partition coefficient (Wildman–Crippen LogP) is 2.03. The summed E-state index contributed by atoms with van der Waals surface area (Å²) in [4.78, 5) is 6.85. The van der Waals surface area contributed by atoms with Gasteiger partial charge in [-0.15, -0.1) is 0 Å². The lowest BCUT2D eigenvalue weighted by atomic mass is 10.1. The molecule has 0 saturated carbocycles. The van der Waals surface area contributed by atoms with Gasteiger partial charge in [0.2, 0.25) is 0 Å². The number of pyridine rings is 1. The first-order valence-corrected chi connectivity index (χ1v) is 6.44. The smallest absolute Gasteiger partial charge is 0.162 e. The van der Waals surface area contributed by atoms with Crippen LogP contribution in [0, 0.1) is 0 Å². The summed E-state index contributed by atoms with van der Waals surface area (Å²) in [5, 5.41) is 5.46. The first-order valence-electron chi connectivity index (χ1n) is 6.44. The number of nitrogens with zero attached hydrogens (tertiary/aromatic N) is 4. The lowest BCUT2D eigenvalue weighted by Gasteiger charge is -2.29. The van der Waals surface area contributed by atoms with Gasteiger partial charge in [-0.1, -0.05) is 0 Å². The van der Waals surface area contributed by atoms with E-state index >= 15 is 0 Å². The molecule has 1 aliphatic heterocycles. The molecule has 0 bridgehead atoms. The van der Waals surface area contributed by atoms with Gasteiger partial charge in [0.1, 0.15) is 6.73 Å². The largest absolute Gasteiger partial charge is 0.371 e. The lowest BCUT2D eigenvalue weighted by Crippen LogP contribution is -2.29. The molecule has 96 valence electrons. The van der Waals surface area contributed by atoms with Crippen molar-refractivity contribution in [3.05, 3.63) is 18.5 Å². The maximum Gasteiger partial charge on any atom is 0.162 e. The average Bonchev–Trinajstić information content (AvgIpc) is 2.84. The second kappa shape index (κ2) is 4.94. The summed E-state index contributed by atoms with van der Waals surface area (Å²) in [6, 6.07) is 2.09. The maximum absolute atomic E-state index is 5.13. The Morgan fingerprint density at radius 1 is 1.28 bits per heavy atom. The summed E-state index contributed by atoms with van der Waals surface area (Å²) >= 11 is 0. The third-order valence-electron chi connectivity index (χ3n) is 3.46. The number of fused-ring (bicyclic) bond motifs is 1. The van der Waals surface area contributed by atoms with Crippen LogP contribution in [0.25, 0.3) is 11.0 Å². The summed E-state index contributed by atoms with van der Waals surface area (Å²) in [6.07, 6.45) is 7.64. The Morgan fingerprint density at radius 2 is 2.11 bits per heavy atom. The number of hydrogen-bond acceptors (Lipinski definition) is 4. The number of anilines is 1. The highest BCUT2D eigenvalue weighted by Gasteiger charge is 2.15. The van der Waals surface area contributed by atoms with Gasteiger partial charge in [0.25, 0.3) is 0 Å². The van der Waals surface area contributed by atoms with E-state index < -0.39 is 0 Å². The lowest BCUT2D eigenvalue weighted by molar-refractivity contribution is 0.124. The van der Waals surface area contributed by atoms with E-state index in [0.29, 0.717) is 6.73 Å². The number of ether oxygens (including phenoxy) is 1. The highest BCUT2D eigenvalue weighted by atomic mass is 16.5. The van der Waals surface area contributed by atoms with E-state index in [9.17, 15) is 0 Å². The van der Waals surface area contributed by atoms with Crippen molar-refractivity contribution >= 4 is 16.7 Å². The molecule has 0 N–H and O–H groups in total. The molecule has 3 rings (SSSR count). The van der Waals surface area contributed by atoms with Crippen LogP contribution in [0.1, 0.15) is 19.3 Å². The standard InChI is InChI=1S/C13H18N4O/c1-18-10-17-13-11(9-15-17)12(5-6-14-13)16-7-3-2-4-8-16/h5-6,9H,2-4,7-8,10H2,1H3. The Labute approximate surface area is 106 Å². The Hall–Kier alpha value is -1.62. The normalized spacial score (nSPS) is 16.4. The number of piperidine rings is 1. The van der Waals surface area contributed by atoms with Crippen molar-refractivity contribution in [2.45, 2.75) is 26.0 Å². The predicted molar refractivity (Wildman–Crippen MR) is 70.6 cm³/mol. The van der Waals surface area contributed by atoms with Crippen LogP contribution in [-0.4, -0.2) is 35.0 Å². The fraction of sp³-hybridized carbons (Fsp3) is 0.538. The van der Waals surface area contributed by atoms with Gasteiger partial charge in [-0.3, -0.25) is 0 Å². The molecule has 0 aromatic carbocycles. The SMILES string of the molecule is COCn1ncc2c(N3CCCCC3)ccnc21. The molecule has 5 nitrogen and oxygen atoms in total. The molecule has 1 fully saturated rings. The van der Waals surface area contributed by atoms with Crippen molar-refractivity contribution in [1.82, 2.24) is 14.8 Å². The van der Waals surface area contributed by atoms with Crippen LogP contribution in [0.3, 0.4) is 0 Å². The fourth-order valence-corrected chi connectivity index (χ4v) is 2.59. The Bertz CT molecular complexity index is 531. The molecule has 1 saturated heterocycles. The molecule has 18 heavy (non-hydrogen) atoms. The van der Waals surface area contributed by atoms with Gasteiger partial charge in [-0.2, -0.15) is 5.10 Å². The first kappa shape index (κ1) is 11.5. The van der Waals surface area contributed by atoms with Crippen molar-refractivity contribution in [3.8, 4) is 0 Å². The summed E-state index contributed by atoms with van der Waals surface area (Å²) < 4.78 is 6.92. The quantitative estimate of drug-likeness (QED) is 0.831. The van der Waals surface area contributed by atoms with Gasteiger partial charge < -0.3 is 9.64 Å². The van der Waals surface area contributed by atoms with Crippen molar-refractivity contribution < 1.29 is 4.74 Å². The number of hydrogen-bond donors (Lipinski definition) is 0. The molecule has 0 unspecified atom stereocenters. The second-order valence-corrected chi connectivity index (χ2v) is 4.68. The van der Waals surface area contributed by atoms with E-state index in [0.717, 1.165) is 24.1 Å². The van der Waals surface area contributed by atoms with Crippen LogP contribution in [0.5, 0.6) is 0 Å². The van der Waals surface area contributed by atoms with Gasteiger partial charge in [-0.05, 0) is 25.3 Å². The summed E-state index contributed by atoms with van der Waals surface area (Å²) in [5.74, 6) is 0. The number of rotatable bonds is 3. The summed E-state index contributed by atoms with van der Waals surface area (Å²) in [7, 11) is 1.67. The zero-order chi connectivity index (χ0) is 12.4. The third kappa shape index (κ3) is 1.95. The van der Waals surface area contributed by atoms with Gasteiger partial charge in [0, 0.05) is 26.4 Å². The van der Waals surface area contributed by atoms with Crippen molar-refractivity contribution in [1.29, 1.82) is 0 Å². The van der Waals surface area contributed by atoms with E-state index in [1.807, 2.05) is 12.4 Å². The topological polar surface area (TPSA) is 43.2 Å². The first-order chi connectivity index (χ1) is 8.90. The van der Waals surface area contributed by atoms with Crippen molar-refractivity contribution in [2.75, 3.05) is 25.1 Å². The van der Waals surface area contributed by atoms with Crippen molar-refractivity contribution in [2.24, 2.45) is 0 Å². The Kier molecular flexibility index (Phi) is 3.15. The summed E-state index contributed by atoms with van der Waals surface area (Å²) in [6.45, 7) is 2.71. The zero-order valence-electron chi connectivity index (χ0n) is 10.7. The summed E-state index contributed by atoms with van der Waals surface area (Å²) in [5.41, 5.74) is 2.15. The van der Waals surface area contributed by atoms with Crippen LogP contribution >= 0.6 is 0 Å². The highest BCUT2D eigenvalue weighted by Crippen LogP contribution is 2.27. The molecule has 0 radical (unpaired) electrons. The second-order valence-electron chi connectivity index (χ2n) is 4.68. The van der Waals surface area contributed by atoms with Crippen LogP contribution in [0.4, 0.5) is 5.69 Å². The van der Waals surface area contributed by atoms with Crippen LogP contribution < -0.4 is 4.90 Å². The van der Waals surface area contributed by atoms with E-state index in [4.69, 9.17) is 4.74 Å². The van der Waals surface area contributed by atoms with Crippen LogP contribution in [-0.2, 0) is 11.5 Å². The number of methoxy groups -OCH3 is 1. The van der Waals surface area contributed by atoms with Crippen molar-refractivity contribution in [3.63, 3.8) is 0 Å². The minimum atomic E-state index is 0.444. The molecular weight excluding hydrogens is 228 g/mol. The molecule has 0 atom stereocenters. The van der Waals surface area contributed by atoms with Crippen LogP contribution in [0.15, 0.2) is 18.5 Å². The van der Waals surface area contributed by atoms with E-state index in [1.54, 1.807) is 11.8 Å². The van der Waals surface area contributed by atoms with E-state index in [1.165, 1.54) is 24.9 Å². The van der Waals surface area contributed by atoms with E-state index in [-0.39, 0.29) is 0 Å². The molecule has 0 spiro atoms. The zero-order valence-corrected chi connectivity index (χ0v) is 10.7. The monoisotopic (exact) mass is 246 g/mol. The van der Waals surface area contributed by atoms with Crippen LogP contribution in [0.2, 0.25) is 0 Å². The Morgan fingerprint density at radius 3 is 2.89 bits per heavy atom. The molecule has 3 heterocycles. The average molecular weight is 246 g/mol. The molecule has 0 amide bonds. The van der Waals surface area contributed by atoms with Gasteiger partial charge in [-0.25, -0.2) is 9.67 Å². The minimum Gasteiger partial charge on any atom is -0.371 e. The molecule has 5 heteroatoms. The fourth-order valence-electron chi connectivity index (χ4n) is 2.59. The van der Waals surface area contributed by atoms with Gasteiger partial charge in [0.15, 0.2) is 5.65 Å². The molecule has 0 aliphatic carbocycles. The molecule has 2 aromatic rings. The van der Waals surface area contributed by atoms with E-state index in [2.05, 4.69) is 21.0 Å². The maximum atomic E-state index is 5.13. The minimum absolute atomic E-state index is 0.444. The molecule has 2 aromatic heterocycles. The van der Waals surface area contributed by atoms with Gasteiger partial charge >= 0.3 is 0 Å². The third-order valence-corrected chi connectivity index (χ3v) is 3.46.